The first-order valence-electron chi connectivity index (χ1n) is 10.7. The minimum absolute atomic E-state index is 0.556. The molecule has 7 aliphatic rings. The Labute approximate surface area is 172 Å². The summed E-state index contributed by atoms with van der Waals surface area (Å²) in [6, 6.07) is 0. The molecule has 0 saturated heterocycles. The maximum absolute atomic E-state index is 4.89. The molecule has 7 aliphatic carbocycles. The SMILES string of the molecule is C1CC2C3CCC(C3)C2C1.CC1(C)C2CC3CC[CH][C]3C1C2.[Cl][Ti][Cl]. The van der Waals surface area contributed by atoms with Gasteiger partial charge < -0.3 is 0 Å². The van der Waals surface area contributed by atoms with Crippen LogP contribution in [0.15, 0.2) is 0 Å². The second-order valence-electron chi connectivity index (χ2n) is 10.2. The summed E-state index contributed by atoms with van der Waals surface area (Å²) < 4.78 is 0. The zero-order chi connectivity index (χ0) is 17.6. The van der Waals surface area contributed by atoms with Gasteiger partial charge in [0.1, 0.15) is 0 Å². The molecule has 140 valence electrons. The summed E-state index contributed by atoms with van der Waals surface area (Å²) in [5, 5.41) is 0. The predicted molar refractivity (Wildman–Crippen MR) is 104 cm³/mol. The third-order valence-electron chi connectivity index (χ3n) is 9.16. The first-order valence-corrected chi connectivity index (χ1v) is 15.0. The van der Waals surface area contributed by atoms with Gasteiger partial charge in [-0.25, -0.2) is 0 Å². The van der Waals surface area contributed by atoms with E-state index in [0.717, 1.165) is 17.8 Å². The van der Waals surface area contributed by atoms with E-state index < -0.39 is 17.0 Å². The molecular formula is C22H34Cl2Ti. The molecule has 0 amide bonds. The van der Waals surface area contributed by atoms with Gasteiger partial charge in [0.15, 0.2) is 0 Å². The van der Waals surface area contributed by atoms with E-state index in [4.69, 9.17) is 18.6 Å². The Morgan fingerprint density at radius 3 is 2.16 bits per heavy atom. The Kier molecular flexibility index (Phi) is 6.25. The van der Waals surface area contributed by atoms with Crippen molar-refractivity contribution in [3.05, 3.63) is 12.3 Å². The zero-order valence-corrected chi connectivity index (χ0v) is 19.0. The van der Waals surface area contributed by atoms with Crippen molar-refractivity contribution in [1.82, 2.24) is 0 Å². The Morgan fingerprint density at radius 1 is 0.920 bits per heavy atom. The first kappa shape index (κ1) is 19.6. The Bertz CT molecular complexity index is 449. The van der Waals surface area contributed by atoms with E-state index >= 15 is 0 Å². The number of halogens is 2. The molecule has 7 saturated carbocycles. The molecule has 0 spiro atoms. The van der Waals surface area contributed by atoms with E-state index in [-0.39, 0.29) is 0 Å². The van der Waals surface area contributed by atoms with Crippen LogP contribution in [0.5, 0.6) is 0 Å². The molecule has 0 aromatic carbocycles. The van der Waals surface area contributed by atoms with Crippen molar-refractivity contribution in [3.63, 3.8) is 0 Å². The average Bonchev–Trinajstić information content (AvgIpc) is 3.36. The normalized spacial score (nSPS) is 47.6. The molecule has 7 fully saturated rings. The van der Waals surface area contributed by atoms with Crippen molar-refractivity contribution in [3.8, 4) is 0 Å². The van der Waals surface area contributed by atoms with Gasteiger partial charge in [-0.05, 0) is 117 Å². The number of hydrogen-bond donors (Lipinski definition) is 0. The van der Waals surface area contributed by atoms with Crippen molar-refractivity contribution in [2.45, 2.75) is 78.1 Å². The summed E-state index contributed by atoms with van der Waals surface area (Å²) in [5.74, 6) is 9.70. The molecule has 0 aromatic heterocycles. The van der Waals surface area contributed by atoms with Crippen molar-refractivity contribution in [2.24, 2.45) is 46.8 Å². The number of fused-ring (bicyclic) bond motifs is 5. The van der Waals surface area contributed by atoms with Crippen LogP contribution in [0, 0.1) is 59.2 Å². The van der Waals surface area contributed by atoms with Crippen LogP contribution in [0.25, 0.3) is 0 Å². The van der Waals surface area contributed by atoms with Gasteiger partial charge in [0.05, 0.1) is 0 Å². The first-order chi connectivity index (χ1) is 12.1. The summed E-state index contributed by atoms with van der Waals surface area (Å²) in [4.78, 5) is 0. The fourth-order valence-electron chi connectivity index (χ4n) is 7.81. The van der Waals surface area contributed by atoms with Crippen molar-refractivity contribution >= 4 is 18.6 Å². The van der Waals surface area contributed by atoms with Crippen molar-refractivity contribution < 1.29 is 17.0 Å². The van der Waals surface area contributed by atoms with Crippen molar-refractivity contribution in [1.29, 1.82) is 0 Å². The van der Waals surface area contributed by atoms with E-state index in [2.05, 4.69) is 20.3 Å². The number of rotatable bonds is 0. The second kappa shape index (κ2) is 7.96. The summed E-state index contributed by atoms with van der Waals surface area (Å²) in [6.07, 6.45) is 17.9. The molecule has 3 heteroatoms. The van der Waals surface area contributed by atoms with Gasteiger partial charge in [0, 0.05) is 0 Å². The van der Waals surface area contributed by atoms with E-state index in [0.29, 0.717) is 5.41 Å². The molecule has 7 rings (SSSR count). The third kappa shape index (κ3) is 3.54. The standard InChI is InChI=1S/C12H18.C10H16.2ClH.Ti/c1-12(2)9-6-8-4-3-5-10(8)11(12)7-9;1-2-9-7-4-5-8(6-7)10(9)3-1;;;/h5,8-9,11H,3-4,6-7H2,1-2H3;7-10H,1-6H2;2*1H;/q;;;;+2/p-2. The topological polar surface area (TPSA) is 0 Å². The third-order valence-corrected chi connectivity index (χ3v) is 9.16. The van der Waals surface area contributed by atoms with Gasteiger partial charge in [-0.15, -0.1) is 0 Å². The monoisotopic (exact) mass is 416 g/mol. The summed E-state index contributed by atoms with van der Waals surface area (Å²) in [6.45, 7) is 4.95. The Hall–Kier alpha value is 1.29. The molecule has 4 bridgehead atoms. The van der Waals surface area contributed by atoms with Gasteiger partial charge in [0.2, 0.25) is 0 Å². The van der Waals surface area contributed by atoms with Gasteiger partial charge in [0.25, 0.3) is 0 Å². The summed E-state index contributed by atoms with van der Waals surface area (Å²) >= 11 is -0.556. The van der Waals surface area contributed by atoms with Crippen LogP contribution >= 0.6 is 18.6 Å². The molecular weight excluding hydrogens is 383 g/mol. The van der Waals surface area contributed by atoms with E-state index in [1.54, 1.807) is 38.5 Å². The molecule has 7 atom stereocenters. The Morgan fingerprint density at radius 2 is 1.56 bits per heavy atom. The molecule has 2 radical (unpaired) electrons. The van der Waals surface area contributed by atoms with E-state index in [1.807, 2.05) is 5.92 Å². The van der Waals surface area contributed by atoms with Gasteiger partial charge >= 0.3 is 35.6 Å². The van der Waals surface area contributed by atoms with Crippen LogP contribution in [0.2, 0.25) is 0 Å². The Balaban J connectivity index is 0.000000110. The van der Waals surface area contributed by atoms with Crippen LogP contribution in [-0.2, 0) is 17.0 Å². The fraction of sp³-hybridized carbons (Fsp3) is 0.909. The van der Waals surface area contributed by atoms with E-state index in [9.17, 15) is 0 Å². The predicted octanol–water partition coefficient (Wildman–Crippen LogP) is 7.45. The zero-order valence-electron chi connectivity index (χ0n) is 15.9. The van der Waals surface area contributed by atoms with Crippen LogP contribution in [0.4, 0.5) is 0 Å². The molecule has 0 nitrogen and oxygen atoms in total. The maximum atomic E-state index is 4.89. The van der Waals surface area contributed by atoms with Gasteiger partial charge in [-0.1, -0.05) is 20.3 Å². The molecule has 0 aliphatic heterocycles. The second-order valence-corrected chi connectivity index (χ2v) is 12.8. The average molecular weight is 417 g/mol. The van der Waals surface area contributed by atoms with Crippen molar-refractivity contribution in [2.75, 3.05) is 0 Å². The number of hydrogen-bond acceptors (Lipinski definition) is 0. The fourth-order valence-corrected chi connectivity index (χ4v) is 7.81. The molecule has 25 heavy (non-hydrogen) atoms. The van der Waals surface area contributed by atoms with Gasteiger partial charge in [-0.2, -0.15) is 0 Å². The minimum atomic E-state index is -0.556. The molecule has 7 unspecified atom stereocenters. The molecule has 0 aromatic rings. The summed E-state index contributed by atoms with van der Waals surface area (Å²) in [5.41, 5.74) is 0.659. The van der Waals surface area contributed by atoms with Gasteiger partial charge in [-0.3, -0.25) is 0 Å². The van der Waals surface area contributed by atoms with E-state index in [1.165, 1.54) is 49.4 Å². The molecule has 0 N–H and O–H groups in total. The molecule has 0 heterocycles. The summed E-state index contributed by atoms with van der Waals surface area (Å²) in [7, 11) is 9.78. The van der Waals surface area contributed by atoms with Crippen LogP contribution < -0.4 is 0 Å². The van der Waals surface area contributed by atoms with Crippen LogP contribution in [0.1, 0.15) is 78.1 Å². The quantitative estimate of drug-likeness (QED) is 0.359. The van der Waals surface area contributed by atoms with Crippen LogP contribution in [0.3, 0.4) is 0 Å². The van der Waals surface area contributed by atoms with Crippen LogP contribution in [-0.4, -0.2) is 0 Å².